The normalized spacial score (nSPS) is 17.2. The minimum atomic E-state index is -3.33. The number of nitrogens with one attached hydrogen (secondary N) is 1. The van der Waals surface area contributed by atoms with Crippen molar-refractivity contribution in [2.75, 3.05) is 12.8 Å². The van der Waals surface area contributed by atoms with E-state index < -0.39 is 33.5 Å². The molecule has 9 nitrogen and oxygen atoms in total. The molecular formula is C21H39N3O6S. The topological polar surface area (TPSA) is 137 Å². The summed E-state index contributed by atoms with van der Waals surface area (Å²) in [5, 5.41) is 3.60. The molecule has 0 saturated heterocycles. The molecule has 0 aliphatic heterocycles. The lowest BCUT2D eigenvalue weighted by atomic mass is 9.84. The highest BCUT2D eigenvalue weighted by Crippen LogP contribution is 2.29. The molecular weight excluding hydrogens is 422 g/mol. The van der Waals surface area contributed by atoms with Crippen molar-refractivity contribution in [3.05, 3.63) is 0 Å². The third-order valence-corrected chi connectivity index (χ3v) is 5.78. The van der Waals surface area contributed by atoms with Crippen LogP contribution >= 0.6 is 0 Å². The molecule has 0 aromatic carbocycles. The van der Waals surface area contributed by atoms with E-state index in [4.69, 9.17) is 15.3 Å². The average Bonchev–Trinajstić information content (AvgIpc) is 2.63. The van der Waals surface area contributed by atoms with Gasteiger partial charge in [0.05, 0.1) is 18.6 Å². The summed E-state index contributed by atoms with van der Waals surface area (Å²) < 4.78 is 29.8. The fourth-order valence-electron chi connectivity index (χ4n) is 3.60. The molecule has 1 rings (SSSR count). The Hall–Kier alpha value is -1.68. The highest BCUT2D eigenvalue weighted by molar-refractivity contribution is 7.88. The third-order valence-electron chi connectivity index (χ3n) is 5.05. The second-order valence-electron chi connectivity index (χ2n) is 9.33. The first-order valence-corrected chi connectivity index (χ1v) is 12.9. The minimum Gasteiger partial charge on any atom is -0.460 e. The number of ether oxygens (including phenoxy) is 1. The van der Waals surface area contributed by atoms with Crippen LogP contribution < -0.4 is 10.5 Å². The fraction of sp³-hybridized carbons (Fsp3) is 0.857. The van der Waals surface area contributed by atoms with E-state index in [1.807, 2.05) is 0 Å². The molecule has 1 atom stereocenters. The summed E-state index contributed by atoms with van der Waals surface area (Å²) >= 11 is 0. The Morgan fingerprint density at radius 3 is 2.42 bits per heavy atom. The summed E-state index contributed by atoms with van der Waals surface area (Å²) in [7, 11) is -3.33. The molecule has 1 aliphatic carbocycles. The van der Waals surface area contributed by atoms with Crippen molar-refractivity contribution in [3.8, 4) is 0 Å². The Morgan fingerprint density at radius 1 is 1.19 bits per heavy atom. The number of carbonyl (C=O) groups excluding carboxylic acids is 2. The molecule has 180 valence electrons. The molecule has 1 saturated carbocycles. The van der Waals surface area contributed by atoms with Gasteiger partial charge < -0.3 is 15.3 Å². The molecule has 10 heteroatoms. The Labute approximate surface area is 186 Å². The van der Waals surface area contributed by atoms with Gasteiger partial charge in [-0.2, -0.15) is 0 Å². The third kappa shape index (κ3) is 14.1. The lowest BCUT2D eigenvalue weighted by Gasteiger charge is -2.23. The van der Waals surface area contributed by atoms with Gasteiger partial charge in [-0.3, -0.25) is 4.79 Å². The monoisotopic (exact) mass is 461 g/mol. The van der Waals surface area contributed by atoms with Crippen molar-refractivity contribution in [1.29, 1.82) is 0 Å². The quantitative estimate of drug-likeness (QED) is 0.150. The van der Waals surface area contributed by atoms with E-state index in [0.717, 1.165) is 19.1 Å². The zero-order valence-corrected chi connectivity index (χ0v) is 20.1. The van der Waals surface area contributed by atoms with E-state index in [1.54, 1.807) is 20.8 Å². The summed E-state index contributed by atoms with van der Waals surface area (Å²) in [5.74, 6) is -1.08. The van der Waals surface area contributed by atoms with Crippen LogP contribution in [0.5, 0.6) is 0 Å². The predicted octanol–water partition coefficient (Wildman–Crippen LogP) is 2.84. The first-order valence-electron chi connectivity index (χ1n) is 11.1. The fourth-order valence-corrected chi connectivity index (χ4v) is 4.08. The number of nitrogens with two attached hydrogens (primary N) is 1. The van der Waals surface area contributed by atoms with Crippen LogP contribution in [0.15, 0.2) is 5.16 Å². The summed E-state index contributed by atoms with van der Waals surface area (Å²) in [6.45, 7) is 5.37. The van der Waals surface area contributed by atoms with Crippen molar-refractivity contribution in [1.82, 2.24) is 4.72 Å². The second kappa shape index (κ2) is 13.0. The van der Waals surface area contributed by atoms with E-state index in [0.29, 0.717) is 12.3 Å². The molecule has 1 unspecified atom stereocenters. The Morgan fingerprint density at radius 2 is 1.84 bits per heavy atom. The van der Waals surface area contributed by atoms with Gasteiger partial charge in [-0.15, -0.1) is 0 Å². The van der Waals surface area contributed by atoms with Crippen molar-refractivity contribution in [2.45, 2.75) is 90.6 Å². The average molecular weight is 462 g/mol. The van der Waals surface area contributed by atoms with E-state index >= 15 is 0 Å². The highest BCUT2D eigenvalue weighted by atomic mass is 32.2. The standard InChI is InChI=1S/C21H39N3O6S/c1-21(2,3)29-19(25)15-17(12-8-11-16-9-6-5-7-10-16)20(26)30-24-18(22)13-14-23-31(4,27)28/h16-17,23H,5-15H2,1-4H3,(H2,22,24). The first kappa shape index (κ1) is 27.4. The van der Waals surface area contributed by atoms with Gasteiger partial charge in [0.15, 0.2) is 0 Å². The van der Waals surface area contributed by atoms with Crippen LogP contribution in [-0.2, 0) is 29.2 Å². The van der Waals surface area contributed by atoms with Crippen molar-refractivity contribution in [3.63, 3.8) is 0 Å². The lowest BCUT2D eigenvalue weighted by Crippen LogP contribution is -2.29. The molecule has 31 heavy (non-hydrogen) atoms. The van der Waals surface area contributed by atoms with Crippen LogP contribution in [0.3, 0.4) is 0 Å². The number of esters is 1. The van der Waals surface area contributed by atoms with Crippen LogP contribution in [0.4, 0.5) is 0 Å². The predicted molar refractivity (Wildman–Crippen MR) is 120 cm³/mol. The molecule has 0 aromatic heterocycles. The van der Waals surface area contributed by atoms with Gasteiger partial charge in [0.25, 0.3) is 0 Å². The molecule has 0 heterocycles. The molecule has 0 amide bonds. The maximum atomic E-state index is 12.6. The van der Waals surface area contributed by atoms with Crippen molar-refractivity contribution in [2.24, 2.45) is 22.7 Å². The van der Waals surface area contributed by atoms with Gasteiger partial charge in [0.1, 0.15) is 11.4 Å². The summed E-state index contributed by atoms with van der Waals surface area (Å²) in [6.07, 6.45) is 9.69. The number of nitrogens with zero attached hydrogens (tertiary/aromatic N) is 1. The number of amidine groups is 1. The lowest BCUT2D eigenvalue weighted by molar-refractivity contribution is -0.161. The van der Waals surface area contributed by atoms with Gasteiger partial charge in [0, 0.05) is 13.0 Å². The molecule has 0 aromatic rings. The van der Waals surface area contributed by atoms with Crippen LogP contribution in [-0.4, -0.2) is 44.6 Å². The van der Waals surface area contributed by atoms with Crippen LogP contribution in [0.25, 0.3) is 0 Å². The van der Waals surface area contributed by atoms with Crippen molar-refractivity contribution < 1.29 is 27.6 Å². The van der Waals surface area contributed by atoms with Crippen LogP contribution in [0.2, 0.25) is 0 Å². The molecule has 3 N–H and O–H groups in total. The zero-order valence-electron chi connectivity index (χ0n) is 19.3. The maximum absolute atomic E-state index is 12.6. The number of hydrogen-bond donors (Lipinski definition) is 2. The first-order chi connectivity index (χ1) is 14.4. The zero-order chi connectivity index (χ0) is 23.5. The van der Waals surface area contributed by atoms with Gasteiger partial charge in [-0.05, 0) is 33.1 Å². The number of sulfonamides is 1. The SMILES string of the molecule is CC(C)(C)OC(=O)CC(CCCC1CCCCC1)C(=O)O/N=C(\N)CCNS(C)(=O)=O. The molecule has 1 fully saturated rings. The molecule has 0 radical (unpaired) electrons. The number of hydrogen-bond acceptors (Lipinski definition) is 7. The minimum absolute atomic E-state index is 0.0114. The van der Waals surface area contributed by atoms with E-state index in [9.17, 15) is 18.0 Å². The number of oxime groups is 1. The van der Waals surface area contributed by atoms with E-state index in [2.05, 4.69) is 9.88 Å². The van der Waals surface area contributed by atoms with Gasteiger partial charge in [0.2, 0.25) is 10.0 Å². The molecule has 0 spiro atoms. The Kier molecular flexibility index (Phi) is 11.5. The molecule has 1 aliphatic rings. The summed E-state index contributed by atoms with van der Waals surface area (Å²) in [4.78, 5) is 29.8. The molecule has 0 bridgehead atoms. The van der Waals surface area contributed by atoms with Crippen molar-refractivity contribution >= 4 is 27.8 Å². The largest absolute Gasteiger partial charge is 0.460 e. The van der Waals surface area contributed by atoms with E-state index in [1.165, 1.54) is 32.1 Å². The van der Waals surface area contributed by atoms with Gasteiger partial charge >= 0.3 is 11.9 Å². The van der Waals surface area contributed by atoms with E-state index in [-0.39, 0.29) is 25.2 Å². The summed E-state index contributed by atoms with van der Waals surface area (Å²) in [6, 6.07) is 0. The smallest absolute Gasteiger partial charge is 0.338 e. The van der Waals surface area contributed by atoms with Gasteiger partial charge in [-0.1, -0.05) is 50.1 Å². The van der Waals surface area contributed by atoms with Crippen LogP contribution in [0.1, 0.15) is 85.0 Å². The Balaban J connectivity index is 2.61. The Bertz CT molecular complexity index is 709. The van der Waals surface area contributed by atoms with Crippen LogP contribution in [0, 0.1) is 11.8 Å². The number of rotatable bonds is 12. The highest BCUT2D eigenvalue weighted by Gasteiger charge is 2.27. The van der Waals surface area contributed by atoms with Gasteiger partial charge in [-0.25, -0.2) is 17.9 Å². The summed E-state index contributed by atoms with van der Waals surface area (Å²) in [5.41, 5.74) is 5.04. The second-order valence-corrected chi connectivity index (χ2v) is 11.2. The maximum Gasteiger partial charge on any atom is 0.338 e. The number of carbonyl (C=O) groups is 2.